The minimum atomic E-state index is -0.488. The molecule has 0 aliphatic carbocycles. The molecule has 0 bridgehead atoms. The number of para-hydroxylation sites is 1. The van der Waals surface area contributed by atoms with Crippen molar-refractivity contribution in [1.29, 1.82) is 0 Å². The Kier molecular flexibility index (Phi) is 7.33. The molecule has 0 saturated carbocycles. The van der Waals surface area contributed by atoms with E-state index in [9.17, 15) is 14.0 Å². The molecule has 3 aromatic rings. The average molecular weight is 433 g/mol. The van der Waals surface area contributed by atoms with E-state index in [1.165, 1.54) is 12.1 Å². The van der Waals surface area contributed by atoms with E-state index in [1.807, 2.05) is 26.0 Å². The van der Waals surface area contributed by atoms with E-state index >= 15 is 0 Å². The predicted octanol–water partition coefficient (Wildman–Crippen LogP) is 4.61. The molecule has 6 nitrogen and oxygen atoms in total. The fourth-order valence-corrected chi connectivity index (χ4v) is 2.95. The van der Waals surface area contributed by atoms with E-state index in [0.29, 0.717) is 22.7 Å². The summed E-state index contributed by atoms with van der Waals surface area (Å²) in [5, 5.41) is 6.78. The van der Waals surface area contributed by atoms with Crippen LogP contribution in [0.3, 0.4) is 0 Å². The first-order valence-corrected chi connectivity index (χ1v) is 10.0. The van der Waals surface area contributed by atoms with Crippen LogP contribution in [0.1, 0.15) is 34.0 Å². The lowest BCUT2D eigenvalue weighted by molar-refractivity contribution is -0.118. The number of hydrogen-bond donors (Lipinski definition) is 2. The molecule has 7 heteroatoms. The Labute approximate surface area is 186 Å². The van der Waals surface area contributed by atoms with Gasteiger partial charge in [-0.3, -0.25) is 9.59 Å². The fraction of sp³-hybridized carbons (Fsp3) is 0.160. The molecule has 3 rings (SSSR count). The number of nitrogens with one attached hydrogen (secondary N) is 2. The predicted molar refractivity (Wildman–Crippen MR) is 123 cm³/mol. The van der Waals surface area contributed by atoms with Gasteiger partial charge in [-0.15, -0.1) is 0 Å². The minimum absolute atomic E-state index is 0.192. The van der Waals surface area contributed by atoms with Crippen LogP contribution in [0.5, 0.6) is 5.75 Å². The summed E-state index contributed by atoms with van der Waals surface area (Å²) in [4.78, 5) is 25.0. The number of rotatable bonds is 7. The van der Waals surface area contributed by atoms with Crippen LogP contribution in [0.2, 0.25) is 0 Å². The second-order valence-electron chi connectivity index (χ2n) is 7.23. The number of hydrazone groups is 1. The maximum atomic E-state index is 13.1. The van der Waals surface area contributed by atoms with E-state index < -0.39 is 11.8 Å². The summed E-state index contributed by atoms with van der Waals surface area (Å²) < 4.78 is 18.7. The Morgan fingerprint density at radius 3 is 2.44 bits per heavy atom. The number of hydrogen-bond acceptors (Lipinski definition) is 4. The van der Waals surface area contributed by atoms with E-state index in [2.05, 4.69) is 15.8 Å². The summed E-state index contributed by atoms with van der Waals surface area (Å²) >= 11 is 0. The van der Waals surface area contributed by atoms with Crippen molar-refractivity contribution in [2.75, 3.05) is 11.9 Å². The highest BCUT2D eigenvalue weighted by molar-refractivity contribution is 6.05. The molecule has 3 aromatic carbocycles. The summed E-state index contributed by atoms with van der Waals surface area (Å²) in [5.74, 6) is -0.594. The van der Waals surface area contributed by atoms with Crippen molar-refractivity contribution < 1.29 is 18.7 Å². The third-order valence-electron chi connectivity index (χ3n) is 4.95. The number of halogens is 1. The van der Waals surface area contributed by atoms with Gasteiger partial charge in [0.05, 0.1) is 17.0 Å². The van der Waals surface area contributed by atoms with Crippen molar-refractivity contribution in [3.8, 4) is 5.75 Å². The molecule has 0 aliphatic heterocycles. The van der Waals surface area contributed by atoms with E-state index in [-0.39, 0.29) is 18.0 Å². The zero-order valence-corrected chi connectivity index (χ0v) is 18.1. The lowest BCUT2D eigenvalue weighted by Gasteiger charge is -2.13. The maximum absolute atomic E-state index is 13.1. The maximum Gasteiger partial charge on any atom is 0.273 e. The molecule has 164 valence electrons. The lowest BCUT2D eigenvalue weighted by Crippen LogP contribution is -2.24. The lowest BCUT2D eigenvalue weighted by atomic mass is 10.1. The van der Waals surface area contributed by atoms with E-state index in [0.717, 1.165) is 11.1 Å². The largest absolute Gasteiger partial charge is 0.483 e. The van der Waals surface area contributed by atoms with Crippen molar-refractivity contribution in [3.05, 3.63) is 94.8 Å². The van der Waals surface area contributed by atoms with Crippen molar-refractivity contribution >= 4 is 23.2 Å². The molecule has 0 aliphatic rings. The molecule has 0 aromatic heterocycles. The summed E-state index contributed by atoms with van der Waals surface area (Å²) in [5.41, 5.74) is 6.30. The van der Waals surface area contributed by atoms with Gasteiger partial charge in [0.1, 0.15) is 11.6 Å². The van der Waals surface area contributed by atoms with Crippen LogP contribution < -0.4 is 15.5 Å². The van der Waals surface area contributed by atoms with Gasteiger partial charge in [-0.1, -0.05) is 36.4 Å². The van der Waals surface area contributed by atoms with Crippen LogP contribution in [0, 0.1) is 19.7 Å². The van der Waals surface area contributed by atoms with E-state index in [4.69, 9.17) is 4.74 Å². The zero-order valence-electron chi connectivity index (χ0n) is 18.1. The molecular formula is C25H24FN3O3. The highest BCUT2D eigenvalue weighted by Crippen LogP contribution is 2.21. The summed E-state index contributed by atoms with van der Waals surface area (Å²) in [6, 6.07) is 18.0. The van der Waals surface area contributed by atoms with Gasteiger partial charge in [0.25, 0.3) is 11.8 Å². The van der Waals surface area contributed by atoms with Gasteiger partial charge in [0, 0.05) is 0 Å². The van der Waals surface area contributed by atoms with Crippen LogP contribution in [-0.4, -0.2) is 24.1 Å². The first-order chi connectivity index (χ1) is 15.3. The third kappa shape index (κ3) is 5.78. The number of amides is 2. The van der Waals surface area contributed by atoms with Crippen LogP contribution in [0.4, 0.5) is 10.1 Å². The molecule has 2 N–H and O–H groups in total. The number of ether oxygens (including phenoxy) is 1. The second kappa shape index (κ2) is 10.3. The molecular weight excluding hydrogens is 409 g/mol. The van der Waals surface area contributed by atoms with Gasteiger partial charge in [-0.05, 0) is 67.8 Å². The molecule has 2 amide bonds. The summed E-state index contributed by atoms with van der Waals surface area (Å²) in [6.45, 7) is 5.40. The Bertz CT molecular complexity index is 1160. The standard InChI is InChI=1S/C25H24FN3O3/c1-16-7-6-10-23(17(16)2)32-15-24(30)27-22-9-5-4-8-21(22)25(31)29-28-18(3)19-11-13-20(26)14-12-19/h4-14H,15H2,1-3H3,(H,27,30)(H,29,31). The van der Waals surface area contributed by atoms with Gasteiger partial charge in [-0.2, -0.15) is 5.10 Å². The average Bonchev–Trinajstić information content (AvgIpc) is 2.79. The van der Waals surface area contributed by atoms with E-state index in [1.54, 1.807) is 49.4 Å². The molecule has 0 saturated heterocycles. The molecule has 0 unspecified atom stereocenters. The van der Waals surface area contributed by atoms with Crippen molar-refractivity contribution in [2.45, 2.75) is 20.8 Å². The second-order valence-corrected chi connectivity index (χ2v) is 7.23. The number of nitrogens with zero attached hydrogens (tertiary/aromatic N) is 1. The summed E-state index contributed by atoms with van der Waals surface area (Å²) in [7, 11) is 0. The van der Waals surface area contributed by atoms with Gasteiger partial charge >= 0.3 is 0 Å². The third-order valence-corrected chi connectivity index (χ3v) is 4.95. The molecule has 0 fully saturated rings. The Morgan fingerprint density at radius 1 is 0.969 bits per heavy atom. The normalized spacial score (nSPS) is 11.1. The van der Waals surface area contributed by atoms with Gasteiger partial charge in [0.15, 0.2) is 6.61 Å². The molecule has 32 heavy (non-hydrogen) atoms. The number of carbonyl (C=O) groups is 2. The van der Waals surface area contributed by atoms with Crippen molar-refractivity contribution in [1.82, 2.24) is 5.43 Å². The number of aryl methyl sites for hydroxylation is 1. The quantitative estimate of drug-likeness (QED) is 0.422. The first kappa shape index (κ1) is 22.7. The minimum Gasteiger partial charge on any atom is -0.483 e. The van der Waals surface area contributed by atoms with Crippen molar-refractivity contribution in [2.24, 2.45) is 5.10 Å². The Hall–Kier alpha value is -4.00. The Balaban J connectivity index is 1.65. The van der Waals surface area contributed by atoms with Crippen LogP contribution in [0.15, 0.2) is 71.8 Å². The van der Waals surface area contributed by atoms with Crippen LogP contribution in [-0.2, 0) is 4.79 Å². The van der Waals surface area contributed by atoms with Crippen molar-refractivity contribution in [3.63, 3.8) is 0 Å². The van der Waals surface area contributed by atoms with Crippen LogP contribution >= 0.6 is 0 Å². The van der Waals surface area contributed by atoms with Gasteiger partial charge in [0.2, 0.25) is 0 Å². The molecule has 0 radical (unpaired) electrons. The van der Waals surface area contributed by atoms with Crippen LogP contribution in [0.25, 0.3) is 0 Å². The monoisotopic (exact) mass is 433 g/mol. The van der Waals surface area contributed by atoms with Gasteiger partial charge < -0.3 is 10.1 Å². The summed E-state index contributed by atoms with van der Waals surface area (Å²) in [6.07, 6.45) is 0. The highest BCUT2D eigenvalue weighted by atomic mass is 19.1. The smallest absolute Gasteiger partial charge is 0.273 e. The molecule has 0 atom stereocenters. The number of benzene rings is 3. The topological polar surface area (TPSA) is 79.8 Å². The number of anilines is 1. The molecule has 0 spiro atoms. The van der Waals surface area contributed by atoms with Gasteiger partial charge in [-0.25, -0.2) is 9.82 Å². The Morgan fingerprint density at radius 2 is 1.69 bits per heavy atom. The SMILES string of the molecule is CC(=NNC(=O)c1ccccc1NC(=O)COc1cccc(C)c1C)c1ccc(F)cc1. The fourth-order valence-electron chi connectivity index (χ4n) is 2.95. The number of carbonyl (C=O) groups excluding carboxylic acids is 2. The first-order valence-electron chi connectivity index (χ1n) is 10.0. The highest BCUT2D eigenvalue weighted by Gasteiger charge is 2.14. The zero-order chi connectivity index (χ0) is 23.1. The molecule has 0 heterocycles.